The zero-order valence-electron chi connectivity index (χ0n) is 13.8. The number of benzene rings is 1. The van der Waals surface area contributed by atoms with E-state index in [1.165, 1.54) is 0 Å². The number of carboxylic acids is 1. The maximum Gasteiger partial charge on any atom is 0.308 e. The van der Waals surface area contributed by atoms with Crippen LogP contribution in [0.3, 0.4) is 0 Å². The Hall–Kier alpha value is -2.30. The molecule has 1 atom stereocenters. The van der Waals surface area contributed by atoms with Crippen molar-refractivity contribution in [1.82, 2.24) is 10.3 Å². The van der Waals surface area contributed by atoms with Gasteiger partial charge in [0.2, 0.25) is 5.91 Å². The molecule has 1 amide bonds. The largest absolute Gasteiger partial charge is 0.481 e. The van der Waals surface area contributed by atoms with Crippen LogP contribution < -0.4 is 5.32 Å². The van der Waals surface area contributed by atoms with Gasteiger partial charge in [-0.3, -0.25) is 9.59 Å². The minimum absolute atomic E-state index is 0.146. The molecule has 0 saturated carbocycles. The van der Waals surface area contributed by atoms with Gasteiger partial charge in [0.15, 0.2) is 0 Å². The maximum absolute atomic E-state index is 12.2. The highest BCUT2D eigenvalue weighted by Gasteiger charge is 2.20. The lowest BCUT2D eigenvalue weighted by Gasteiger charge is -2.15. The molecule has 0 spiro atoms. The number of carbonyl (C=O) groups excluding carboxylic acids is 1. The van der Waals surface area contributed by atoms with Gasteiger partial charge in [-0.2, -0.15) is 0 Å². The first-order chi connectivity index (χ1) is 10.9. The van der Waals surface area contributed by atoms with Crippen LogP contribution >= 0.6 is 0 Å². The number of aliphatic carboxylic acids is 1. The van der Waals surface area contributed by atoms with E-state index in [1.54, 1.807) is 0 Å². The molecule has 5 heteroatoms. The van der Waals surface area contributed by atoms with Crippen LogP contribution in [0.5, 0.6) is 0 Å². The Morgan fingerprint density at radius 2 is 1.96 bits per heavy atom. The first kappa shape index (κ1) is 17.1. The predicted molar refractivity (Wildman–Crippen MR) is 90.3 cm³/mol. The van der Waals surface area contributed by atoms with Crippen molar-refractivity contribution in [3.05, 3.63) is 35.5 Å². The van der Waals surface area contributed by atoms with Gasteiger partial charge >= 0.3 is 5.97 Å². The van der Waals surface area contributed by atoms with Gasteiger partial charge in [-0.05, 0) is 30.9 Å². The van der Waals surface area contributed by atoms with Gasteiger partial charge in [-0.25, -0.2) is 0 Å². The Bertz CT molecular complexity index is 703. The molecular weight excluding hydrogens is 292 g/mol. The number of nitrogens with one attached hydrogen (secondary N) is 2. The summed E-state index contributed by atoms with van der Waals surface area (Å²) in [7, 11) is 0. The molecule has 1 heterocycles. The van der Waals surface area contributed by atoms with Gasteiger partial charge < -0.3 is 15.4 Å². The molecule has 23 heavy (non-hydrogen) atoms. The van der Waals surface area contributed by atoms with Crippen molar-refractivity contribution in [2.75, 3.05) is 6.54 Å². The van der Waals surface area contributed by atoms with Crippen LogP contribution in [0.4, 0.5) is 0 Å². The molecule has 1 aromatic carbocycles. The number of aromatic amines is 1. The number of aryl methyl sites for hydroxylation is 1. The van der Waals surface area contributed by atoms with Gasteiger partial charge in [0.25, 0.3) is 0 Å². The molecular formula is C18H24N2O3. The number of carboxylic acid groups (broad SMARTS) is 1. The van der Waals surface area contributed by atoms with E-state index in [4.69, 9.17) is 0 Å². The lowest BCUT2D eigenvalue weighted by Crippen LogP contribution is -2.34. The molecule has 3 N–H and O–H groups in total. The number of amides is 1. The SMILES string of the molecule is Cc1[nH]c2ccccc2c1CC(=O)NCC(CC(C)C)C(=O)O. The zero-order valence-corrected chi connectivity index (χ0v) is 13.8. The van der Waals surface area contributed by atoms with E-state index < -0.39 is 11.9 Å². The Morgan fingerprint density at radius 3 is 2.61 bits per heavy atom. The fourth-order valence-corrected chi connectivity index (χ4v) is 2.86. The van der Waals surface area contributed by atoms with Crippen molar-refractivity contribution < 1.29 is 14.7 Å². The topological polar surface area (TPSA) is 82.2 Å². The molecule has 0 saturated heterocycles. The zero-order chi connectivity index (χ0) is 17.0. The predicted octanol–water partition coefficient (Wildman–Crippen LogP) is 2.88. The summed E-state index contributed by atoms with van der Waals surface area (Å²) in [5.74, 6) is -1.26. The van der Waals surface area contributed by atoms with Crippen LogP contribution in [-0.4, -0.2) is 28.5 Å². The molecule has 0 radical (unpaired) electrons. The minimum Gasteiger partial charge on any atom is -0.481 e. The molecule has 0 aliphatic carbocycles. The number of hydrogen-bond donors (Lipinski definition) is 3. The van der Waals surface area contributed by atoms with Crippen molar-refractivity contribution in [1.29, 1.82) is 0 Å². The lowest BCUT2D eigenvalue weighted by molar-refractivity contribution is -0.142. The summed E-state index contributed by atoms with van der Waals surface area (Å²) in [6.07, 6.45) is 0.811. The second-order valence-electron chi connectivity index (χ2n) is 6.42. The Morgan fingerprint density at radius 1 is 1.26 bits per heavy atom. The van der Waals surface area contributed by atoms with Gasteiger partial charge in [0, 0.05) is 23.1 Å². The summed E-state index contributed by atoms with van der Waals surface area (Å²) < 4.78 is 0. The summed E-state index contributed by atoms with van der Waals surface area (Å²) in [6, 6.07) is 7.86. The van der Waals surface area contributed by atoms with Gasteiger partial charge in [-0.15, -0.1) is 0 Å². The summed E-state index contributed by atoms with van der Waals surface area (Å²) in [6.45, 7) is 6.08. The van der Waals surface area contributed by atoms with E-state index in [0.717, 1.165) is 22.2 Å². The molecule has 2 aromatic rings. The highest BCUT2D eigenvalue weighted by Crippen LogP contribution is 2.22. The van der Waals surface area contributed by atoms with Crippen LogP contribution in [0.25, 0.3) is 10.9 Å². The fourth-order valence-electron chi connectivity index (χ4n) is 2.86. The molecule has 5 nitrogen and oxygen atoms in total. The first-order valence-corrected chi connectivity index (χ1v) is 7.94. The summed E-state index contributed by atoms with van der Waals surface area (Å²) >= 11 is 0. The van der Waals surface area contributed by atoms with Crippen LogP contribution in [-0.2, 0) is 16.0 Å². The Balaban J connectivity index is 2.01. The van der Waals surface area contributed by atoms with Crippen LogP contribution in [0.15, 0.2) is 24.3 Å². The molecule has 124 valence electrons. The van der Waals surface area contributed by atoms with Crippen molar-refractivity contribution in [3.8, 4) is 0 Å². The minimum atomic E-state index is -0.859. The average molecular weight is 316 g/mol. The monoisotopic (exact) mass is 316 g/mol. The van der Waals surface area contributed by atoms with E-state index in [9.17, 15) is 14.7 Å². The summed E-state index contributed by atoms with van der Waals surface area (Å²) in [5.41, 5.74) is 2.95. The van der Waals surface area contributed by atoms with E-state index in [0.29, 0.717) is 6.42 Å². The normalized spacial score (nSPS) is 12.5. The highest BCUT2D eigenvalue weighted by atomic mass is 16.4. The van der Waals surface area contributed by atoms with Crippen molar-refractivity contribution in [3.63, 3.8) is 0 Å². The number of hydrogen-bond acceptors (Lipinski definition) is 2. The molecule has 0 bridgehead atoms. The summed E-state index contributed by atoms with van der Waals surface area (Å²) in [4.78, 5) is 26.7. The quantitative estimate of drug-likeness (QED) is 0.734. The number of rotatable bonds is 7. The molecule has 0 aliphatic rings. The van der Waals surface area contributed by atoms with Gasteiger partial charge in [-0.1, -0.05) is 32.0 Å². The number of fused-ring (bicyclic) bond motifs is 1. The van der Waals surface area contributed by atoms with Crippen LogP contribution in [0, 0.1) is 18.8 Å². The van der Waals surface area contributed by atoms with Crippen molar-refractivity contribution in [2.24, 2.45) is 11.8 Å². The third kappa shape index (κ3) is 4.34. The second kappa shape index (κ2) is 7.31. The van der Waals surface area contributed by atoms with E-state index in [-0.39, 0.29) is 24.8 Å². The smallest absolute Gasteiger partial charge is 0.308 e. The van der Waals surface area contributed by atoms with Gasteiger partial charge in [0.05, 0.1) is 12.3 Å². The molecule has 1 unspecified atom stereocenters. The van der Waals surface area contributed by atoms with Crippen LogP contribution in [0.2, 0.25) is 0 Å². The molecule has 2 rings (SSSR count). The van der Waals surface area contributed by atoms with E-state index in [2.05, 4.69) is 10.3 Å². The van der Waals surface area contributed by atoms with Gasteiger partial charge in [0.1, 0.15) is 0 Å². The molecule has 0 fully saturated rings. The number of H-pyrrole nitrogens is 1. The van der Waals surface area contributed by atoms with E-state index in [1.807, 2.05) is 45.0 Å². The summed E-state index contributed by atoms with van der Waals surface area (Å²) in [5, 5.41) is 13.0. The number of carbonyl (C=O) groups is 2. The maximum atomic E-state index is 12.2. The fraction of sp³-hybridized carbons (Fsp3) is 0.444. The third-order valence-electron chi connectivity index (χ3n) is 4.02. The van der Waals surface area contributed by atoms with Crippen LogP contribution in [0.1, 0.15) is 31.5 Å². The Kier molecular flexibility index (Phi) is 5.42. The number of para-hydroxylation sites is 1. The lowest BCUT2D eigenvalue weighted by atomic mass is 9.97. The standard InChI is InChI=1S/C18H24N2O3/c1-11(2)8-13(18(22)23)10-19-17(21)9-15-12(3)20-16-7-5-4-6-14(15)16/h4-7,11,13,20H,8-10H2,1-3H3,(H,19,21)(H,22,23). The second-order valence-corrected chi connectivity index (χ2v) is 6.42. The third-order valence-corrected chi connectivity index (χ3v) is 4.02. The molecule has 0 aliphatic heterocycles. The number of aromatic nitrogens is 1. The van der Waals surface area contributed by atoms with Crippen molar-refractivity contribution >= 4 is 22.8 Å². The molecule has 1 aromatic heterocycles. The first-order valence-electron chi connectivity index (χ1n) is 7.94. The Labute approximate surface area is 136 Å². The van der Waals surface area contributed by atoms with E-state index >= 15 is 0 Å². The highest BCUT2D eigenvalue weighted by molar-refractivity contribution is 5.90. The van der Waals surface area contributed by atoms with Crippen molar-refractivity contribution in [2.45, 2.75) is 33.6 Å². The average Bonchev–Trinajstić information content (AvgIpc) is 2.79.